The van der Waals surface area contributed by atoms with Gasteiger partial charge in [-0.05, 0) is 68.9 Å². The van der Waals surface area contributed by atoms with Crippen molar-refractivity contribution in [1.82, 2.24) is 19.4 Å². The predicted octanol–water partition coefficient (Wildman–Crippen LogP) is 2.89. The highest BCUT2D eigenvalue weighted by Crippen LogP contribution is 2.47. The van der Waals surface area contributed by atoms with Gasteiger partial charge in [0.2, 0.25) is 5.91 Å². The zero-order valence-corrected chi connectivity index (χ0v) is 21.9. The molecule has 3 heterocycles. The number of carbonyl (C=O) groups excluding carboxylic acids is 1. The first kappa shape index (κ1) is 25.3. The van der Waals surface area contributed by atoms with Crippen LogP contribution in [-0.2, 0) is 16.1 Å². The molecule has 4 fully saturated rings. The zero-order valence-electron chi connectivity index (χ0n) is 21.9. The third-order valence-corrected chi connectivity index (χ3v) is 9.71. The molecule has 4 bridgehead atoms. The van der Waals surface area contributed by atoms with Crippen LogP contribution in [0.15, 0.2) is 33.9 Å². The van der Waals surface area contributed by atoms with Crippen LogP contribution in [0.1, 0.15) is 76.7 Å². The summed E-state index contributed by atoms with van der Waals surface area (Å²) in [6.45, 7) is -0.848. The number of aliphatic carboxylic acids is 1. The molecule has 9 heteroatoms. The summed E-state index contributed by atoms with van der Waals surface area (Å²) in [6, 6.07) is 8.05. The number of carbonyl (C=O) groups is 2. The summed E-state index contributed by atoms with van der Waals surface area (Å²) >= 11 is 0. The van der Waals surface area contributed by atoms with Crippen molar-refractivity contribution in [3.05, 3.63) is 45.1 Å². The second-order valence-corrected chi connectivity index (χ2v) is 12.1. The van der Waals surface area contributed by atoms with E-state index in [0.29, 0.717) is 29.0 Å². The van der Waals surface area contributed by atoms with Crippen LogP contribution in [0.5, 0.6) is 0 Å². The summed E-state index contributed by atoms with van der Waals surface area (Å²) in [5.41, 5.74) is -0.380. The molecule has 204 valence electrons. The number of hydrogen-bond acceptors (Lipinski definition) is 5. The maximum absolute atomic E-state index is 13.8. The molecule has 2 aliphatic carbocycles. The summed E-state index contributed by atoms with van der Waals surface area (Å²) in [6.07, 6.45) is 13.1. The summed E-state index contributed by atoms with van der Waals surface area (Å²) in [5.74, 6) is -0.0122. The Morgan fingerprint density at radius 1 is 0.842 bits per heavy atom. The molecule has 1 aromatic carbocycles. The summed E-state index contributed by atoms with van der Waals surface area (Å²) < 4.78 is 2.74. The molecule has 4 atom stereocenters. The standard InChI is InChI=1S/C29H38N4O5/c34-26(30-16-27(35)36)17-31-25-10-2-1-9-24(25)28(37)33(29(31)38)23-14-20-7-4-8-21(15-23)32(20)22-12-18-5-3-6-19(11-18)13-22/h1-2,9-10,18-23H,3-8,11-17H2,(H,30,34)(H,35,36)/t18-,19-,20+,21+/m1/s1. The Labute approximate surface area is 221 Å². The molecule has 38 heavy (non-hydrogen) atoms. The number of aromatic nitrogens is 2. The van der Waals surface area contributed by atoms with Crippen LogP contribution in [0.3, 0.4) is 0 Å². The van der Waals surface area contributed by atoms with E-state index in [2.05, 4.69) is 10.2 Å². The van der Waals surface area contributed by atoms with Crippen molar-refractivity contribution in [3.63, 3.8) is 0 Å². The van der Waals surface area contributed by atoms with Crippen LogP contribution < -0.4 is 16.6 Å². The van der Waals surface area contributed by atoms with E-state index in [4.69, 9.17) is 5.11 Å². The van der Waals surface area contributed by atoms with E-state index in [-0.39, 0.29) is 18.1 Å². The van der Waals surface area contributed by atoms with E-state index in [1.807, 2.05) is 0 Å². The molecular weight excluding hydrogens is 484 g/mol. The van der Waals surface area contributed by atoms with Crippen molar-refractivity contribution in [2.45, 2.75) is 101 Å². The topological polar surface area (TPSA) is 114 Å². The van der Waals surface area contributed by atoms with Crippen LogP contribution in [0.2, 0.25) is 0 Å². The molecule has 2 N–H and O–H groups in total. The second-order valence-electron chi connectivity index (χ2n) is 12.1. The lowest BCUT2D eigenvalue weighted by atomic mass is 9.68. The van der Waals surface area contributed by atoms with Gasteiger partial charge in [-0.2, -0.15) is 0 Å². The molecule has 0 spiro atoms. The Hall–Kier alpha value is -2.94. The van der Waals surface area contributed by atoms with Gasteiger partial charge < -0.3 is 10.4 Å². The van der Waals surface area contributed by atoms with E-state index in [0.717, 1.165) is 37.5 Å². The molecule has 4 aliphatic rings. The maximum atomic E-state index is 13.8. The molecule has 9 nitrogen and oxygen atoms in total. The Morgan fingerprint density at radius 3 is 2.18 bits per heavy atom. The fraction of sp³-hybridized carbons (Fsp3) is 0.655. The third-order valence-electron chi connectivity index (χ3n) is 9.71. The van der Waals surface area contributed by atoms with Crippen LogP contribution in [0.4, 0.5) is 0 Å². The predicted molar refractivity (Wildman–Crippen MR) is 143 cm³/mol. The molecule has 1 amide bonds. The minimum Gasteiger partial charge on any atom is -0.480 e. The van der Waals surface area contributed by atoms with Gasteiger partial charge in [0.25, 0.3) is 5.56 Å². The van der Waals surface area contributed by atoms with Crippen molar-refractivity contribution in [2.24, 2.45) is 11.8 Å². The van der Waals surface area contributed by atoms with Gasteiger partial charge in [-0.1, -0.05) is 37.8 Å². The fourth-order valence-electron chi connectivity index (χ4n) is 8.32. The number of hydrogen-bond donors (Lipinski definition) is 2. The SMILES string of the molecule is O=C(O)CNC(=O)Cn1c(=O)n(C2C[C@@H]3CCC[C@@H](C2)N3C2C[C@@H]3CCC[C@@H](C2)C3)c(=O)c2ccccc21. The number of nitrogens with zero attached hydrogens (tertiary/aromatic N) is 3. The smallest absolute Gasteiger partial charge is 0.332 e. The number of nitrogens with one attached hydrogen (secondary N) is 1. The number of piperidine rings is 2. The van der Waals surface area contributed by atoms with Crippen molar-refractivity contribution in [3.8, 4) is 0 Å². The molecule has 1 aromatic heterocycles. The van der Waals surface area contributed by atoms with Crippen LogP contribution in [-0.4, -0.2) is 55.7 Å². The average molecular weight is 523 g/mol. The largest absolute Gasteiger partial charge is 0.480 e. The lowest BCUT2D eigenvalue weighted by Gasteiger charge is -2.55. The number of carboxylic acid groups (broad SMARTS) is 1. The molecule has 2 aliphatic heterocycles. The number of carboxylic acids is 1. The highest BCUT2D eigenvalue weighted by molar-refractivity contribution is 5.83. The van der Waals surface area contributed by atoms with Gasteiger partial charge in [0.05, 0.1) is 10.9 Å². The Kier molecular flexibility index (Phi) is 6.88. The first-order valence-electron chi connectivity index (χ1n) is 14.4. The Balaban J connectivity index is 1.32. The number of rotatable bonds is 6. The second kappa shape index (κ2) is 10.3. The number of benzene rings is 1. The molecule has 6 rings (SSSR count). The van der Waals surface area contributed by atoms with E-state index in [1.54, 1.807) is 24.3 Å². The van der Waals surface area contributed by atoms with Crippen molar-refractivity contribution in [1.29, 1.82) is 0 Å². The highest BCUT2D eigenvalue weighted by atomic mass is 16.4. The van der Waals surface area contributed by atoms with Crippen LogP contribution in [0.25, 0.3) is 10.9 Å². The van der Waals surface area contributed by atoms with Gasteiger partial charge in [-0.15, -0.1) is 0 Å². The van der Waals surface area contributed by atoms with Crippen molar-refractivity contribution in [2.75, 3.05) is 6.54 Å². The highest BCUT2D eigenvalue weighted by Gasteiger charge is 2.45. The molecule has 2 aromatic rings. The fourth-order valence-corrected chi connectivity index (χ4v) is 8.32. The van der Waals surface area contributed by atoms with E-state index < -0.39 is 24.1 Å². The van der Waals surface area contributed by atoms with E-state index >= 15 is 0 Å². The minimum atomic E-state index is -1.15. The molecule has 2 saturated heterocycles. The summed E-state index contributed by atoms with van der Waals surface area (Å²) in [7, 11) is 0. The first-order valence-corrected chi connectivity index (χ1v) is 14.4. The number of amides is 1. The number of para-hydroxylation sites is 1. The molecular formula is C29H38N4O5. The third kappa shape index (κ3) is 4.70. The lowest BCUT2D eigenvalue weighted by Crippen LogP contribution is -2.59. The van der Waals surface area contributed by atoms with Crippen LogP contribution in [0, 0.1) is 11.8 Å². The molecule has 2 saturated carbocycles. The van der Waals surface area contributed by atoms with Gasteiger partial charge in [-0.25, -0.2) is 4.79 Å². The van der Waals surface area contributed by atoms with E-state index in [9.17, 15) is 19.2 Å². The van der Waals surface area contributed by atoms with Crippen molar-refractivity contribution >= 4 is 22.8 Å². The Bertz CT molecular complexity index is 1320. The van der Waals surface area contributed by atoms with Crippen molar-refractivity contribution < 1.29 is 14.7 Å². The minimum absolute atomic E-state index is 0.206. The van der Waals surface area contributed by atoms with E-state index in [1.165, 1.54) is 54.1 Å². The van der Waals surface area contributed by atoms with Gasteiger partial charge in [0, 0.05) is 24.2 Å². The molecule has 0 radical (unpaired) electrons. The van der Waals surface area contributed by atoms with Gasteiger partial charge in [-0.3, -0.25) is 28.4 Å². The quantitative estimate of drug-likeness (QED) is 0.603. The summed E-state index contributed by atoms with van der Waals surface area (Å²) in [5, 5.41) is 11.7. The van der Waals surface area contributed by atoms with Gasteiger partial charge in [0.15, 0.2) is 0 Å². The zero-order chi connectivity index (χ0) is 26.4. The summed E-state index contributed by atoms with van der Waals surface area (Å²) in [4.78, 5) is 53.7. The van der Waals surface area contributed by atoms with Gasteiger partial charge in [0.1, 0.15) is 13.1 Å². The number of fused-ring (bicyclic) bond motifs is 5. The van der Waals surface area contributed by atoms with Crippen LogP contribution >= 0.6 is 0 Å². The molecule has 0 unspecified atom stereocenters. The first-order chi connectivity index (χ1) is 18.4. The maximum Gasteiger partial charge on any atom is 0.332 e. The average Bonchev–Trinajstić information content (AvgIpc) is 2.89. The lowest BCUT2D eigenvalue weighted by molar-refractivity contribution is -0.138. The normalized spacial score (nSPS) is 31.2. The van der Waals surface area contributed by atoms with Gasteiger partial charge >= 0.3 is 11.7 Å². The monoisotopic (exact) mass is 522 g/mol. The Morgan fingerprint density at radius 2 is 1.50 bits per heavy atom.